The van der Waals surface area contributed by atoms with Gasteiger partial charge in [-0.15, -0.1) is 0 Å². The van der Waals surface area contributed by atoms with Crippen LogP contribution in [-0.4, -0.2) is 23.8 Å². The van der Waals surface area contributed by atoms with E-state index in [-0.39, 0.29) is 0 Å². The average molecular weight is 141 g/mol. The average Bonchev–Trinajstić information content (AvgIpc) is 2.06. The van der Waals surface area contributed by atoms with Crippen LogP contribution in [0.3, 0.4) is 0 Å². The lowest BCUT2D eigenvalue weighted by atomic mass is 9.77. The summed E-state index contributed by atoms with van der Waals surface area (Å²) in [5.74, 6) is 0.773. The van der Waals surface area contributed by atoms with Crippen molar-refractivity contribution in [3.63, 3.8) is 0 Å². The van der Waals surface area contributed by atoms with Gasteiger partial charge in [-0.1, -0.05) is 0 Å². The summed E-state index contributed by atoms with van der Waals surface area (Å²) in [6, 6.07) is 1.15. The van der Waals surface area contributed by atoms with Crippen molar-refractivity contribution in [2.75, 3.05) is 6.61 Å². The predicted octanol–water partition coefficient (Wildman–Crippen LogP) is 0.509. The van der Waals surface area contributed by atoms with E-state index in [1.807, 2.05) is 0 Å². The van der Waals surface area contributed by atoms with Gasteiger partial charge in [0.05, 0.1) is 6.61 Å². The van der Waals surface area contributed by atoms with Gasteiger partial charge in [0.15, 0.2) is 0 Å². The first-order chi connectivity index (χ1) is 4.90. The quantitative estimate of drug-likeness (QED) is 0.557. The molecule has 58 valence electrons. The molecule has 2 bridgehead atoms. The molecule has 0 aromatic heterocycles. The molecule has 1 aliphatic carbocycles. The molecule has 2 nitrogen and oxygen atoms in total. The number of piperidine rings is 2. The van der Waals surface area contributed by atoms with Gasteiger partial charge in [-0.2, -0.15) is 0 Å². The normalized spacial score (nSPS) is 45.9. The molecule has 1 atom stereocenters. The fraction of sp³-hybridized carbons (Fsp3) is 1.00. The molecular formula is C8H15NO. The molecule has 2 heterocycles. The van der Waals surface area contributed by atoms with E-state index in [0.29, 0.717) is 12.6 Å². The molecule has 3 aliphatic rings. The molecule has 2 aliphatic heterocycles. The highest BCUT2D eigenvalue weighted by atomic mass is 16.3. The van der Waals surface area contributed by atoms with Gasteiger partial charge in [-0.25, -0.2) is 0 Å². The maximum absolute atomic E-state index is 8.95. The summed E-state index contributed by atoms with van der Waals surface area (Å²) < 4.78 is 0. The summed E-state index contributed by atoms with van der Waals surface area (Å²) >= 11 is 0. The zero-order chi connectivity index (χ0) is 6.97. The summed E-state index contributed by atoms with van der Waals surface area (Å²) in [7, 11) is 0. The van der Waals surface area contributed by atoms with Crippen molar-refractivity contribution in [2.45, 2.75) is 37.8 Å². The summed E-state index contributed by atoms with van der Waals surface area (Å²) in [6.45, 7) is 0.334. The maximum atomic E-state index is 8.95. The molecule has 3 fully saturated rings. The summed E-state index contributed by atoms with van der Waals surface area (Å²) in [5, 5.41) is 12.4. The molecule has 1 saturated carbocycles. The van der Waals surface area contributed by atoms with Gasteiger partial charge in [0.1, 0.15) is 0 Å². The number of fused-ring (bicyclic) bond motifs is 3. The molecule has 0 amide bonds. The number of hydrogen-bond acceptors (Lipinski definition) is 2. The fourth-order valence-corrected chi connectivity index (χ4v) is 2.33. The third-order valence-electron chi connectivity index (χ3n) is 2.99. The Hall–Kier alpha value is -0.0800. The van der Waals surface area contributed by atoms with E-state index in [9.17, 15) is 0 Å². The molecule has 0 aromatic carbocycles. The van der Waals surface area contributed by atoms with Gasteiger partial charge < -0.3 is 10.4 Å². The van der Waals surface area contributed by atoms with Crippen molar-refractivity contribution in [1.82, 2.24) is 5.32 Å². The van der Waals surface area contributed by atoms with Gasteiger partial charge in [-0.3, -0.25) is 0 Å². The second-order valence-electron chi connectivity index (χ2n) is 3.57. The standard InChI is InChI=1S/C8H15NO/c10-5-8-6-1-3-7(9-8)4-2-6/h6-10H,1-5H2. The van der Waals surface area contributed by atoms with Crippen LogP contribution in [-0.2, 0) is 0 Å². The number of nitrogens with one attached hydrogen (secondary N) is 1. The van der Waals surface area contributed by atoms with Gasteiger partial charge in [0, 0.05) is 12.1 Å². The molecule has 0 aromatic rings. The minimum absolute atomic E-state index is 0.334. The molecular weight excluding hydrogens is 126 g/mol. The van der Waals surface area contributed by atoms with E-state index in [0.717, 1.165) is 12.0 Å². The van der Waals surface area contributed by atoms with E-state index < -0.39 is 0 Å². The largest absolute Gasteiger partial charge is 0.395 e. The summed E-state index contributed by atoms with van der Waals surface area (Å²) in [4.78, 5) is 0. The Balaban J connectivity index is 2.01. The van der Waals surface area contributed by atoms with Crippen molar-refractivity contribution >= 4 is 0 Å². The highest BCUT2D eigenvalue weighted by Crippen LogP contribution is 2.32. The van der Waals surface area contributed by atoms with Crippen LogP contribution in [0.25, 0.3) is 0 Å². The Kier molecular flexibility index (Phi) is 1.66. The summed E-state index contributed by atoms with van der Waals surface area (Å²) in [5.41, 5.74) is 0. The Morgan fingerprint density at radius 3 is 2.20 bits per heavy atom. The summed E-state index contributed by atoms with van der Waals surface area (Å²) in [6.07, 6.45) is 5.34. The Bertz CT molecular complexity index is 118. The van der Waals surface area contributed by atoms with E-state index in [1.54, 1.807) is 0 Å². The fourth-order valence-electron chi connectivity index (χ4n) is 2.33. The lowest BCUT2D eigenvalue weighted by Gasteiger charge is -2.42. The molecule has 2 N–H and O–H groups in total. The number of hydrogen-bond donors (Lipinski definition) is 2. The lowest BCUT2D eigenvalue weighted by molar-refractivity contribution is 0.0978. The number of rotatable bonds is 1. The monoisotopic (exact) mass is 141 g/mol. The Morgan fingerprint density at radius 2 is 1.90 bits per heavy atom. The SMILES string of the molecule is OCC1NC2CCC1CC2. The molecule has 2 heteroatoms. The van der Waals surface area contributed by atoms with Crippen LogP contribution in [0.15, 0.2) is 0 Å². The molecule has 2 saturated heterocycles. The highest BCUT2D eigenvalue weighted by Gasteiger charge is 2.34. The lowest BCUT2D eigenvalue weighted by Crippen LogP contribution is -2.53. The van der Waals surface area contributed by atoms with Gasteiger partial charge in [0.25, 0.3) is 0 Å². The van der Waals surface area contributed by atoms with E-state index in [1.165, 1.54) is 25.7 Å². The minimum Gasteiger partial charge on any atom is -0.395 e. The van der Waals surface area contributed by atoms with Crippen molar-refractivity contribution < 1.29 is 5.11 Å². The van der Waals surface area contributed by atoms with Crippen molar-refractivity contribution in [3.8, 4) is 0 Å². The van der Waals surface area contributed by atoms with Crippen LogP contribution >= 0.6 is 0 Å². The van der Waals surface area contributed by atoms with E-state index >= 15 is 0 Å². The van der Waals surface area contributed by atoms with Crippen molar-refractivity contribution in [3.05, 3.63) is 0 Å². The Labute approximate surface area is 61.6 Å². The van der Waals surface area contributed by atoms with Crippen LogP contribution < -0.4 is 5.32 Å². The number of aliphatic hydroxyl groups excluding tert-OH is 1. The van der Waals surface area contributed by atoms with Crippen LogP contribution in [0.4, 0.5) is 0 Å². The highest BCUT2D eigenvalue weighted by molar-refractivity contribution is 4.92. The van der Waals surface area contributed by atoms with Crippen molar-refractivity contribution in [2.24, 2.45) is 5.92 Å². The van der Waals surface area contributed by atoms with Crippen molar-refractivity contribution in [1.29, 1.82) is 0 Å². The number of aliphatic hydroxyl groups is 1. The first-order valence-electron chi connectivity index (χ1n) is 4.27. The first-order valence-corrected chi connectivity index (χ1v) is 4.27. The first kappa shape index (κ1) is 6.62. The zero-order valence-electron chi connectivity index (χ0n) is 6.21. The predicted molar refractivity (Wildman–Crippen MR) is 39.8 cm³/mol. The maximum Gasteiger partial charge on any atom is 0.0587 e. The third-order valence-corrected chi connectivity index (χ3v) is 2.99. The minimum atomic E-state index is 0.334. The molecule has 10 heavy (non-hydrogen) atoms. The van der Waals surface area contributed by atoms with Crippen LogP contribution in [0.5, 0.6) is 0 Å². The molecule has 0 radical (unpaired) electrons. The second kappa shape index (κ2) is 2.51. The smallest absolute Gasteiger partial charge is 0.0587 e. The van der Waals surface area contributed by atoms with Gasteiger partial charge in [0.2, 0.25) is 0 Å². The second-order valence-corrected chi connectivity index (χ2v) is 3.57. The van der Waals surface area contributed by atoms with Crippen LogP contribution in [0.2, 0.25) is 0 Å². The third kappa shape index (κ3) is 0.956. The zero-order valence-corrected chi connectivity index (χ0v) is 6.21. The van der Waals surface area contributed by atoms with E-state index in [4.69, 9.17) is 5.11 Å². The Morgan fingerprint density at radius 1 is 1.20 bits per heavy atom. The van der Waals surface area contributed by atoms with Crippen LogP contribution in [0.1, 0.15) is 25.7 Å². The molecule has 0 spiro atoms. The van der Waals surface area contributed by atoms with Gasteiger partial charge in [-0.05, 0) is 31.6 Å². The topological polar surface area (TPSA) is 32.3 Å². The van der Waals surface area contributed by atoms with Crippen LogP contribution in [0, 0.1) is 5.92 Å². The molecule has 3 rings (SSSR count). The van der Waals surface area contributed by atoms with Gasteiger partial charge >= 0.3 is 0 Å². The van der Waals surface area contributed by atoms with E-state index in [2.05, 4.69) is 5.32 Å². The molecule has 1 unspecified atom stereocenters.